The fraction of sp³-hybridized carbons (Fsp3) is 1.00. The van der Waals surface area contributed by atoms with Crippen molar-refractivity contribution in [1.82, 2.24) is 0 Å². The van der Waals surface area contributed by atoms with Crippen molar-refractivity contribution < 1.29 is 52.9 Å². The maximum atomic E-state index is 12.6. The second kappa shape index (κ2) is 11.5. The van der Waals surface area contributed by atoms with Crippen LogP contribution in [0.1, 0.15) is 20.8 Å². The SMILES string of the molecule is CCO[Si](OCC)(OCC)C(F)(F)F.CO[Si](OC)(OC)C(F)(F)F. The monoisotopic (exact) mass is 422 g/mol. The summed E-state index contributed by atoms with van der Waals surface area (Å²) in [6.07, 6.45) is 0. The zero-order valence-corrected chi connectivity index (χ0v) is 16.8. The summed E-state index contributed by atoms with van der Waals surface area (Å²) >= 11 is 0. The maximum Gasteiger partial charge on any atom is 0.616 e. The number of rotatable bonds is 9. The normalized spacial score (nSPS) is 13.4. The Labute approximate surface area is 145 Å². The van der Waals surface area contributed by atoms with Crippen LogP contribution in [0.4, 0.5) is 26.3 Å². The van der Waals surface area contributed by atoms with Gasteiger partial charge < -0.3 is 26.6 Å². The van der Waals surface area contributed by atoms with E-state index in [4.69, 9.17) is 0 Å². The molecule has 0 saturated carbocycles. The van der Waals surface area contributed by atoms with Crippen molar-refractivity contribution in [2.24, 2.45) is 0 Å². The highest BCUT2D eigenvalue weighted by Crippen LogP contribution is 2.31. The Hall–Kier alpha value is -0.226. The average Bonchev–Trinajstić information content (AvgIpc) is 2.48. The highest BCUT2D eigenvalue weighted by Gasteiger charge is 2.66. The second-order valence-electron chi connectivity index (χ2n) is 4.02. The Bertz CT molecular complexity index is 326. The first-order chi connectivity index (χ1) is 11.4. The first kappa shape index (κ1) is 27.0. The lowest BCUT2D eigenvalue weighted by atomic mass is 10.9. The molecule has 0 atom stereocenters. The predicted octanol–water partition coefficient (Wildman–Crippen LogP) is 3.10. The van der Waals surface area contributed by atoms with Crippen LogP contribution >= 0.6 is 0 Å². The van der Waals surface area contributed by atoms with Gasteiger partial charge in [0.15, 0.2) is 0 Å². The molecule has 0 rings (SSSR count). The Morgan fingerprint density at radius 1 is 0.560 bits per heavy atom. The van der Waals surface area contributed by atoms with E-state index in [1.807, 2.05) is 0 Å². The third kappa shape index (κ3) is 7.50. The van der Waals surface area contributed by atoms with Crippen molar-refractivity contribution in [3.05, 3.63) is 0 Å². The molecule has 0 aromatic rings. The zero-order valence-electron chi connectivity index (χ0n) is 14.8. The van der Waals surface area contributed by atoms with Gasteiger partial charge in [0.1, 0.15) is 0 Å². The molecule has 0 unspecified atom stereocenters. The van der Waals surface area contributed by atoms with Crippen LogP contribution < -0.4 is 0 Å². The number of hydrogen-bond donors (Lipinski definition) is 0. The van der Waals surface area contributed by atoms with E-state index in [1.54, 1.807) is 0 Å². The zero-order chi connectivity index (χ0) is 20.4. The summed E-state index contributed by atoms with van der Waals surface area (Å²) < 4.78 is 101. The van der Waals surface area contributed by atoms with E-state index in [0.717, 1.165) is 21.3 Å². The van der Waals surface area contributed by atoms with E-state index in [9.17, 15) is 26.3 Å². The third-order valence-corrected chi connectivity index (χ3v) is 7.51. The van der Waals surface area contributed by atoms with Gasteiger partial charge in [0, 0.05) is 41.2 Å². The van der Waals surface area contributed by atoms with Crippen LogP contribution in [0, 0.1) is 0 Å². The summed E-state index contributed by atoms with van der Waals surface area (Å²) in [6.45, 7) is 4.20. The Morgan fingerprint density at radius 3 is 0.880 bits per heavy atom. The first-order valence-electron chi connectivity index (χ1n) is 7.07. The summed E-state index contributed by atoms with van der Waals surface area (Å²) in [6, 6.07) is 0. The molecule has 0 bridgehead atoms. The molecule has 0 saturated heterocycles. The first-order valence-corrected chi connectivity index (χ1v) is 10.5. The van der Waals surface area contributed by atoms with Crippen molar-refractivity contribution in [1.29, 1.82) is 0 Å². The highest BCUT2D eigenvalue weighted by molar-refractivity contribution is 6.63. The van der Waals surface area contributed by atoms with Crippen LogP contribution in [-0.4, -0.2) is 70.4 Å². The molecule has 0 radical (unpaired) electrons. The molecule has 0 spiro atoms. The lowest BCUT2D eigenvalue weighted by Gasteiger charge is -2.29. The predicted molar refractivity (Wildman–Crippen MR) is 79.5 cm³/mol. The van der Waals surface area contributed by atoms with Crippen LogP contribution in [0.5, 0.6) is 0 Å². The van der Waals surface area contributed by atoms with Gasteiger partial charge in [-0.2, -0.15) is 26.3 Å². The Morgan fingerprint density at radius 2 is 0.800 bits per heavy atom. The van der Waals surface area contributed by atoms with Crippen molar-refractivity contribution in [2.45, 2.75) is 32.4 Å². The van der Waals surface area contributed by atoms with Gasteiger partial charge in [-0.25, -0.2) is 0 Å². The van der Waals surface area contributed by atoms with Crippen molar-refractivity contribution in [3.8, 4) is 0 Å². The molecule has 0 aromatic carbocycles. The standard InChI is InChI=1S/C7H15F3O3Si.C4H9F3O3Si/c1-4-11-14(12-5-2,13-6-3)7(8,9)10;1-8-11(9-2,10-3)4(5,6)7/h4-6H2,1-3H3;1-3H3. The van der Waals surface area contributed by atoms with Crippen LogP contribution in [0.15, 0.2) is 0 Å². The van der Waals surface area contributed by atoms with Crippen LogP contribution in [0.25, 0.3) is 0 Å². The smallest absolute Gasteiger partial charge is 0.371 e. The minimum Gasteiger partial charge on any atom is -0.371 e. The van der Waals surface area contributed by atoms with E-state index in [0.29, 0.717) is 0 Å². The van der Waals surface area contributed by atoms with Gasteiger partial charge in [-0.05, 0) is 20.8 Å². The summed E-state index contributed by atoms with van der Waals surface area (Å²) in [7, 11) is -6.19. The van der Waals surface area contributed by atoms with E-state index < -0.39 is 29.2 Å². The van der Waals surface area contributed by atoms with E-state index in [-0.39, 0.29) is 19.8 Å². The summed E-state index contributed by atoms with van der Waals surface area (Å²) in [5.74, 6) is -9.12. The molecule has 0 N–H and O–H groups in total. The number of alkyl halides is 6. The van der Waals surface area contributed by atoms with Crippen LogP contribution in [0.3, 0.4) is 0 Å². The van der Waals surface area contributed by atoms with Gasteiger partial charge in [0.2, 0.25) is 0 Å². The van der Waals surface area contributed by atoms with Gasteiger partial charge >= 0.3 is 29.2 Å². The van der Waals surface area contributed by atoms with Gasteiger partial charge in [0.25, 0.3) is 0 Å². The third-order valence-electron chi connectivity index (χ3n) is 2.50. The highest BCUT2D eigenvalue weighted by atomic mass is 28.4. The largest absolute Gasteiger partial charge is 0.616 e. The van der Waals surface area contributed by atoms with Gasteiger partial charge in [-0.15, -0.1) is 0 Å². The fourth-order valence-corrected chi connectivity index (χ4v) is 4.61. The number of hydrogen-bond acceptors (Lipinski definition) is 6. The molecule has 0 aliphatic rings. The van der Waals surface area contributed by atoms with Gasteiger partial charge in [-0.3, -0.25) is 0 Å². The average molecular weight is 422 g/mol. The molecular formula is C11H24F6O6Si2. The summed E-state index contributed by atoms with van der Waals surface area (Å²) in [4.78, 5) is 0. The number of halogens is 6. The topological polar surface area (TPSA) is 55.4 Å². The van der Waals surface area contributed by atoms with E-state index in [2.05, 4.69) is 26.6 Å². The molecule has 0 aliphatic carbocycles. The van der Waals surface area contributed by atoms with E-state index >= 15 is 0 Å². The van der Waals surface area contributed by atoms with Crippen molar-refractivity contribution >= 4 is 17.6 Å². The minimum atomic E-state index is -4.56. The Kier molecular flexibility index (Phi) is 12.4. The molecule has 25 heavy (non-hydrogen) atoms. The Balaban J connectivity index is 0. The quantitative estimate of drug-likeness (QED) is 0.421. The lowest BCUT2D eigenvalue weighted by Crippen LogP contribution is -2.59. The molecule has 6 nitrogen and oxygen atoms in total. The minimum absolute atomic E-state index is 0.0776. The molecule has 0 fully saturated rings. The molecule has 0 aliphatic heterocycles. The fourth-order valence-electron chi connectivity index (χ4n) is 1.54. The maximum absolute atomic E-state index is 12.6. The second-order valence-corrected chi connectivity index (χ2v) is 9.47. The van der Waals surface area contributed by atoms with Gasteiger partial charge in [-0.1, -0.05) is 0 Å². The van der Waals surface area contributed by atoms with Crippen LogP contribution in [0.2, 0.25) is 0 Å². The molecule has 0 amide bonds. The molecule has 14 heteroatoms. The molecule has 154 valence electrons. The van der Waals surface area contributed by atoms with Crippen molar-refractivity contribution in [3.63, 3.8) is 0 Å². The van der Waals surface area contributed by atoms with Crippen LogP contribution in [-0.2, 0) is 26.6 Å². The molecule has 0 aromatic heterocycles. The summed E-state index contributed by atoms with van der Waals surface area (Å²) in [5.41, 5.74) is 0. The van der Waals surface area contributed by atoms with Crippen molar-refractivity contribution in [2.75, 3.05) is 41.2 Å². The molecular weight excluding hydrogens is 398 g/mol. The lowest BCUT2D eigenvalue weighted by molar-refractivity contribution is -0.133. The van der Waals surface area contributed by atoms with Gasteiger partial charge in [0.05, 0.1) is 0 Å². The summed E-state index contributed by atoms with van der Waals surface area (Å²) in [5, 5.41) is 0. The molecule has 0 heterocycles. The van der Waals surface area contributed by atoms with E-state index in [1.165, 1.54) is 20.8 Å².